The number of ether oxygens (including phenoxy) is 1. The monoisotopic (exact) mass is 115 g/mol. The summed E-state index contributed by atoms with van der Waals surface area (Å²) >= 11 is 0. The van der Waals surface area contributed by atoms with Gasteiger partial charge in [-0.3, -0.25) is 0 Å². The van der Waals surface area contributed by atoms with Gasteiger partial charge in [0.1, 0.15) is 0 Å². The number of hydrogen-bond donors (Lipinski definition) is 0. The van der Waals surface area contributed by atoms with Crippen molar-refractivity contribution < 1.29 is 9.84 Å². The Bertz CT molecular complexity index is 68.9. The van der Waals surface area contributed by atoms with Gasteiger partial charge >= 0.3 is 0 Å². The van der Waals surface area contributed by atoms with Gasteiger partial charge in [-0.15, -0.1) is 0 Å². The molecule has 0 aromatic heterocycles. The minimum Gasteiger partial charge on any atom is -0.373 e. The largest absolute Gasteiger partial charge is 0.373 e. The Morgan fingerprint density at radius 1 is 1.88 bits per heavy atom. The van der Waals surface area contributed by atoms with Gasteiger partial charge in [-0.05, 0) is 6.42 Å². The minimum atomic E-state index is -0.387. The predicted octanol–water partition coefficient (Wildman–Crippen LogP) is 0.984. The second kappa shape index (κ2) is 2.46. The molecule has 2 atom stereocenters. The lowest BCUT2D eigenvalue weighted by Gasteiger charge is -1.98. The van der Waals surface area contributed by atoms with Gasteiger partial charge in [-0.1, -0.05) is 6.92 Å². The molecule has 1 heterocycles. The molecule has 0 bridgehead atoms. The molecule has 0 aliphatic carbocycles. The molecule has 0 saturated carbocycles. The van der Waals surface area contributed by atoms with Gasteiger partial charge in [0.2, 0.25) is 0 Å². The van der Waals surface area contributed by atoms with Crippen LogP contribution < -0.4 is 0 Å². The number of hydrogen-bond acceptors (Lipinski definition) is 1. The molecule has 0 aromatic rings. The van der Waals surface area contributed by atoms with Crippen LogP contribution in [-0.2, 0) is 9.84 Å². The standard InChI is InChI=1S/C6H11O2/c1-2-5(7)3-6-4-8-6/h5-6H,2-4H2,1H3. The minimum absolute atomic E-state index is 0.317. The fourth-order valence-corrected chi connectivity index (χ4v) is 0.664. The van der Waals surface area contributed by atoms with E-state index in [1.165, 1.54) is 0 Å². The van der Waals surface area contributed by atoms with E-state index in [1.54, 1.807) is 0 Å². The number of epoxide rings is 1. The van der Waals surface area contributed by atoms with Crippen LogP contribution in [0.25, 0.3) is 0 Å². The zero-order chi connectivity index (χ0) is 5.98. The van der Waals surface area contributed by atoms with Crippen molar-refractivity contribution in [1.29, 1.82) is 0 Å². The quantitative estimate of drug-likeness (QED) is 0.505. The van der Waals surface area contributed by atoms with Crippen molar-refractivity contribution in [2.75, 3.05) is 6.61 Å². The molecule has 1 saturated heterocycles. The lowest BCUT2D eigenvalue weighted by atomic mass is 10.2. The summed E-state index contributed by atoms with van der Waals surface area (Å²) < 4.78 is 4.88. The summed E-state index contributed by atoms with van der Waals surface area (Å²) in [5.41, 5.74) is 0. The summed E-state index contributed by atoms with van der Waals surface area (Å²) in [5.74, 6) is 0. The van der Waals surface area contributed by atoms with Gasteiger partial charge in [0.05, 0.1) is 18.8 Å². The highest BCUT2D eigenvalue weighted by atomic mass is 16.6. The maximum atomic E-state index is 10.7. The lowest BCUT2D eigenvalue weighted by molar-refractivity contribution is 0.0708. The topological polar surface area (TPSA) is 32.4 Å². The molecule has 1 rings (SSSR count). The van der Waals surface area contributed by atoms with Gasteiger partial charge in [0, 0.05) is 6.42 Å². The molecule has 1 fully saturated rings. The summed E-state index contributed by atoms with van der Waals surface area (Å²) in [6.45, 7) is 2.73. The third-order valence-corrected chi connectivity index (χ3v) is 1.38. The molecular formula is C6H11O2. The van der Waals surface area contributed by atoms with Crippen LogP contribution >= 0.6 is 0 Å². The third-order valence-electron chi connectivity index (χ3n) is 1.38. The van der Waals surface area contributed by atoms with E-state index in [2.05, 4.69) is 0 Å². The van der Waals surface area contributed by atoms with Crippen molar-refractivity contribution in [3.63, 3.8) is 0 Å². The van der Waals surface area contributed by atoms with Crippen LogP contribution in [0.2, 0.25) is 0 Å². The van der Waals surface area contributed by atoms with E-state index >= 15 is 0 Å². The van der Waals surface area contributed by atoms with Crippen molar-refractivity contribution in [2.24, 2.45) is 0 Å². The highest BCUT2D eigenvalue weighted by molar-refractivity contribution is 4.72. The fourth-order valence-electron chi connectivity index (χ4n) is 0.664. The average molecular weight is 115 g/mol. The SMILES string of the molecule is CCC([O])CC1CO1. The molecule has 0 spiro atoms. The molecule has 2 nitrogen and oxygen atoms in total. The van der Waals surface area contributed by atoms with E-state index in [0.29, 0.717) is 6.10 Å². The molecule has 1 aliphatic rings. The van der Waals surface area contributed by atoms with Crippen molar-refractivity contribution in [3.8, 4) is 0 Å². The van der Waals surface area contributed by atoms with E-state index < -0.39 is 0 Å². The maximum Gasteiger partial charge on any atom is 0.0953 e. The first-order valence-corrected chi connectivity index (χ1v) is 3.10. The van der Waals surface area contributed by atoms with Crippen LogP contribution in [-0.4, -0.2) is 18.8 Å². The highest BCUT2D eigenvalue weighted by Crippen LogP contribution is 2.16. The Labute approximate surface area is 49.5 Å². The summed E-state index contributed by atoms with van der Waals surface area (Å²) in [4.78, 5) is 0. The summed E-state index contributed by atoms with van der Waals surface area (Å²) in [6, 6.07) is 0. The molecule has 0 N–H and O–H groups in total. The highest BCUT2D eigenvalue weighted by Gasteiger charge is 2.25. The van der Waals surface area contributed by atoms with Crippen LogP contribution in [0.3, 0.4) is 0 Å². The molecule has 0 aromatic carbocycles. The Morgan fingerprint density at radius 2 is 2.50 bits per heavy atom. The molecular weight excluding hydrogens is 104 g/mol. The van der Waals surface area contributed by atoms with Gasteiger partial charge in [0.25, 0.3) is 0 Å². The zero-order valence-electron chi connectivity index (χ0n) is 5.09. The van der Waals surface area contributed by atoms with Gasteiger partial charge in [-0.25, -0.2) is 5.11 Å². The van der Waals surface area contributed by atoms with Crippen LogP contribution in [0.4, 0.5) is 0 Å². The zero-order valence-corrected chi connectivity index (χ0v) is 5.09. The van der Waals surface area contributed by atoms with Crippen molar-refractivity contribution in [3.05, 3.63) is 0 Å². The van der Waals surface area contributed by atoms with Crippen LogP contribution in [0.5, 0.6) is 0 Å². The average Bonchev–Trinajstić information content (AvgIpc) is 2.50. The number of rotatable bonds is 3. The molecule has 8 heavy (non-hydrogen) atoms. The maximum absolute atomic E-state index is 10.7. The normalized spacial score (nSPS) is 30.0. The molecule has 1 radical (unpaired) electrons. The second-order valence-corrected chi connectivity index (χ2v) is 2.22. The summed E-state index contributed by atoms with van der Waals surface area (Å²) in [6.07, 6.45) is 1.39. The fraction of sp³-hybridized carbons (Fsp3) is 1.00. The first-order chi connectivity index (χ1) is 3.83. The Morgan fingerprint density at radius 3 is 2.88 bits per heavy atom. The van der Waals surface area contributed by atoms with Crippen molar-refractivity contribution in [1.82, 2.24) is 0 Å². The predicted molar refractivity (Wildman–Crippen MR) is 29.1 cm³/mol. The Kier molecular flexibility index (Phi) is 1.86. The molecule has 47 valence electrons. The molecule has 2 unspecified atom stereocenters. The van der Waals surface area contributed by atoms with Crippen molar-refractivity contribution >= 4 is 0 Å². The summed E-state index contributed by atoms with van der Waals surface area (Å²) in [5, 5.41) is 10.7. The van der Waals surface area contributed by atoms with Crippen LogP contribution in [0, 0.1) is 0 Å². The second-order valence-electron chi connectivity index (χ2n) is 2.22. The summed E-state index contributed by atoms with van der Waals surface area (Å²) in [7, 11) is 0. The van der Waals surface area contributed by atoms with Crippen LogP contribution in [0.15, 0.2) is 0 Å². The van der Waals surface area contributed by atoms with Gasteiger partial charge in [-0.2, -0.15) is 0 Å². The van der Waals surface area contributed by atoms with E-state index in [4.69, 9.17) is 4.74 Å². The van der Waals surface area contributed by atoms with Gasteiger partial charge < -0.3 is 4.74 Å². The van der Waals surface area contributed by atoms with E-state index in [1.807, 2.05) is 6.92 Å². The van der Waals surface area contributed by atoms with E-state index in [0.717, 1.165) is 19.4 Å². The smallest absolute Gasteiger partial charge is 0.0953 e. The Balaban J connectivity index is 1.98. The van der Waals surface area contributed by atoms with Crippen LogP contribution in [0.1, 0.15) is 19.8 Å². The molecule has 2 heteroatoms. The molecule has 1 aliphatic heterocycles. The Hall–Kier alpha value is -0.0800. The molecule has 0 amide bonds. The van der Waals surface area contributed by atoms with E-state index in [-0.39, 0.29) is 6.10 Å². The van der Waals surface area contributed by atoms with Crippen molar-refractivity contribution in [2.45, 2.75) is 32.0 Å². The first kappa shape index (κ1) is 6.05. The lowest BCUT2D eigenvalue weighted by Crippen LogP contribution is -2.05. The van der Waals surface area contributed by atoms with E-state index in [9.17, 15) is 5.11 Å². The van der Waals surface area contributed by atoms with Gasteiger partial charge in [0.15, 0.2) is 0 Å². The first-order valence-electron chi connectivity index (χ1n) is 3.10. The third kappa shape index (κ3) is 1.80.